The third-order valence-corrected chi connectivity index (χ3v) is 5.85. The number of aromatic nitrogens is 5. The quantitative estimate of drug-likeness (QED) is 0.427. The molecule has 4 aromatic rings. The molecule has 5 rings (SSSR count). The number of aryl methyl sites for hydroxylation is 2. The predicted molar refractivity (Wildman–Crippen MR) is 121 cm³/mol. The van der Waals surface area contributed by atoms with E-state index < -0.39 is 11.5 Å². The molecule has 2 aromatic heterocycles. The Bertz CT molecular complexity index is 1330. The molecule has 1 atom stereocenters. The molecule has 0 spiro atoms. The Kier molecular flexibility index (Phi) is 5.28. The molecule has 168 valence electrons. The van der Waals surface area contributed by atoms with Crippen molar-refractivity contribution in [1.29, 1.82) is 0 Å². The third-order valence-electron chi connectivity index (χ3n) is 5.85. The van der Waals surface area contributed by atoms with E-state index in [-0.39, 0.29) is 12.2 Å². The van der Waals surface area contributed by atoms with E-state index in [4.69, 9.17) is 4.74 Å². The molecular formula is C25H23F2N5O. The number of nitrogens with zero attached hydrogens (tertiary/aromatic N) is 5. The molecule has 33 heavy (non-hydrogen) atoms. The first-order chi connectivity index (χ1) is 16.0. The fourth-order valence-electron chi connectivity index (χ4n) is 4.19. The maximum Gasteiger partial charge on any atom is 0.194 e. The standard InChI is InChI=1S/C25H23F2N5O/c1-17-15-31(16-28-17)21-10-4-18(14-22(21)33-2)5-11-23-29-24-25(27,12-3-13-32(24)30-23)19-6-8-20(26)9-7-19/h4-11,14-16H,3,12-13H2,1-2H3/b11-5+/t25-/m1/s1. The lowest BCUT2D eigenvalue weighted by molar-refractivity contribution is 0.152. The molecule has 3 heterocycles. The van der Waals surface area contributed by atoms with Crippen LogP contribution in [0.1, 0.15) is 41.3 Å². The summed E-state index contributed by atoms with van der Waals surface area (Å²) in [5.74, 6) is 0.978. The number of fused-ring (bicyclic) bond motifs is 1. The fraction of sp³-hybridized carbons (Fsp3) is 0.240. The van der Waals surface area contributed by atoms with Gasteiger partial charge in [0.25, 0.3) is 0 Å². The number of halogens is 2. The number of hydrogen-bond donors (Lipinski definition) is 0. The molecular weight excluding hydrogens is 424 g/mol. The van der Waals surface area contributed by atoms with Crippen molar-refractivity contribution in [2.45, 2.75) is 32.0 Å². The highest BCUT2D eigenvalue weighted by molar-refractivity contribution is 5.69. The summed E-state index contributed by atoms with van der Waals surface area (Å²) in [4.78, 5) is 8.74. The summed E-state index contributed by atoms with van der Waals surface area (Å²) in [5, 5.41) is 4.48. The smallest absolute Gasteiger partial charge is 0.194 e. The molecule has 0 bridgehead atoms. The number of ether oxygens (including phenoxy) is 1. The molecule has 6 nitrogen and oxygen atoms in total. The number of imidazole rings is 1. The Labute approximate surface area is 190 Å². The van der Waals surface area contributed by atoms with Crippen molar-refractivity contribution in [2.24, 2.45) is 0 Å². The lowest BCUT2D eigenvalue weighted by Gasteiger charge is -2.29. The Balaban J connectivity index is 1.43. The number of alkyl halides is 1. The summed E-state index contributed by atoms with van der Waals surface area (Å²) in [6, 6.07) is 11.3. The van der Waals surface area contributed by atoms with Crippen molar-refractivity contribution in [3.63, 3.8) is 0 Å². The number of methoxy groups -OCH3 is 1. The van der Waals surface area contributed by atoms with Gasteiger partial charge >= 0.3 is 0 Å². The molecule has 0 unspecified atom stereocenters. The van der Waals surface area contributed by atoms with Crippen LogP contribution in [0.3, 0.4) is 0 Å². The normalized spacial score (nSPS) is 17.9. The summed E-state index contributed by atoms with van der Waals surface area (Å²) in [6.45, 7) is 2.52. The van der Waals surface area contributed by atoms with Crippen LogP contribution in [0.25, 0.3) is 17.8 Å². The Hall–Kier alpha value is -3.81. The summed E-state index contributed by atoms with van der Waals surface area (Å²) in [6.07, 6.45) is 8.20. The van der Waals surface area contributed by atoms with Crippen LogP contribution in [0.4, 0.5) is 8.78 Å². The third kappa shape index (κ3) is 3.92. The van der Waals surface area contributed by atoms with Gasteiger partial charge in [-0.1, -0.05) is 24.3 Å². The maximum atomic E-state index is 16.0. The monoisotopic (exact) mass is 447 g/mol. The SMILES string of the molecule is COc1cc(/C=C/c2nc3n(n2)CCC[C@@]3(F)c2ccc(F)cc2)ccc1-n1cnc(C)c1. The van der Waals surface area contributed by atoms with Crippen molar-refractivity contribution >= 4 is 12.2 Å². The molecule has 8 heteroatoms. The van der Waals surface area contributed by atoms with Crippen LogP contribution < -0.4 is 4.74 Å². The van der Waals surface area contributed by atoms with E-state index >= 15 is 4.39 Å². The lowest BCUT2D eigenvalue weighted by atomic mass is 9.88. The molecule has 2 aromatic carbocycles. The molecule has 0 aliphatic carbocycles. The van der Waals surface area contributed by atoms with Gasteiger partial charge in [-0.3, -0.25) is 0 Å². The van der Waals surface area contributed by atoms with E-state index in [9.17, 15) is 4.39 Å². The van der Waals surface area contributed by atoms with E-state index in [1.807, 2.05) is 42.0 Å². The summed E-state index contributed by atoms with van der Waals surface area (Å²) < 4.78 is 38.4. The topological polar surface area (TPSA) is 57.8 Å². The summed E-state index contributed by atoms with van der Waals surface area (Å²) in [5.41, 5.74) is 1.29. The van der Waals surface area contributed by atoms with Crippen LogP contribution >= 0.6 is 0 Å². The van der Waals surface area contributed by atoms with Gasteiger partial charge in [-0.25, -0.2) is 23.4 Å². The van der Waals surface area contributed by atoms with E-state index in [2.05, 4.69) is 15.1 Å². The van der Waals surface area contributed by atoms with Gasteiger partial charge in [-0.2, -0.15) is 5.10 Å². The van der Waals surface area contributed by atoms with Gasteiger partial charge in [-0.05, 0) is 61.2 Å². The summed E-state index contributed by atoms with van der Waals surface area (Å²) >= 11 is 0. The number of hydrogen-bond acceptors (Lipinski definition) is 4. The van der Waals surface area contributed by atoms with Gasteiger partial charge in [0.1, 0.15) is 11.6 Å². The predicted octanol–water partition coefficient (Wildman–Crippen LogP) is 5.10. The van der Waals surface area contributed by atoms with E-state index in [0.717, 1.165) is 16.9 Å². The van der Waals surface area contributed by atoms with Gasteiger partial charge in [0.05, 0.1) is 24.8 Å². The Morgan fingerprint density at radius 1 is 1.12 bits per heavy atom. The van der Waals surface area contributed by atoms with Crippen LogP contribution in [-0.4, -0.2) is 31.4 Å². The first-order valence-electron chi connectivity index (χ1n) is 10.7. The Morgan fingerprint density at radius 3 is 2.67 bits per heavy atom. The average Bonchev–Trinajstić information content (AvgIpc) is 3.45. The van der Waals surface area contributed by atoms with Crippen LogP contribution in [-0.2, 0) is 12.2 Å². The number of rotatable bonds is 5. The molecule has 0 saturated heterocycles. The summed E-state index contributed by atoms with van der Waals surface area (Å²) in [7, 11) is 1.62. The average molecular weight is 447 g/mol. The number of benzene rings is 2. The van der Waals surface area contributed by atoms with Gasteiger partial charge in [0.2, 0.25) is 0 Å². The maximum absolute atomic E-state index is 16.0. The molecule has 0 amide bonds. The van der Waals surface area contributed by atoms with E-state index in [1.165, 1.54) is 24.3 Å². The first kappa shape index (κ1) is 21.1. The highest BCUT2D eigenvalue weighted by Gasteiger charge is 2.41. The molecule has 0 saturated carbocycles. The molecule has 1 aliphatic rings. The molecule has 0 radical (unpaired) electrons. The Morgan fingerprint density at radius 2 is 1.94 bits per heavy atom. The van der Waals surface area contributed by atoms with Crippen molar-refractivity contribution in [3.8, 4) is 11.4 Å². The van der Waals surface area contributed by atoms with Crippen molar-refractivity contribution in [2.75, 3.05) is 7.11 Å². The zero-order valence-electron chi connectivity index (χ0n) is 18.4. The minimum absolute atomic E-state index is 0.253. The zero-order valence-corrected chi connectivity index (χ0v) is 18.4. The fourth-order valence-corrected chi connectivity index (χ4v) is 4.19. The highest BCUT2D eigenvalue weighted by Crippen LogP contribution is 2.40. The minimum atomic E-state index is -1.79. The van der Waals surface area contributed by atoms with Crippen LogP contribution in [0.5, 0.6) is 5.75 Å². The molecule has 0 fully saturated rings. The largest absolute Gasteiger partial charge is 0.495 e. The second-order valence-electron chi connectivity index (χ2n) is 8.12. The molecule has 1 aliphatic heterocycles. The van der Waals surface area contributed by atoms with Gasteiger partial charge < -0.3 is 9.30 Å². The van der Waals surface area contributed by atoms with Crippen molar-refractivity contribution in [3.05, 3.63) is 89.3 Å². The van der Waals surface area contributed by atoms with Gasteiger partial charge in [-0.15, -0.1) is 0 Å². The van der Waals surface area contributed by atoms with Gasteiger partial charge in [0.15, 0.2) is 17.3 Å². The highest BCUT2D eigenvalue weighted by atomic mass is 19.1. The second-order valence-corrected chi connectivity index (χ2v) is 8.12. The molecule has 0 N–H and O–H groups in total. The van der Waals surface area contributed by atoms with Crippen LogP contribution in [0, 0.1) is 12.7 Å². The minimum Gasteiger partial charge on any atom is -0.495 e. The van der Waals surface area contributed by atoms with Crippen molar-refractivity contribution in [1.82, 2.24) is 24.3 Å². The van der Waals surface area contributed by atoms with Crippen molar-refractivity contribution < 1.29 is 13.5 Å². The van der Waals surface area contributed by atoms with Crippen LogP contribution in [0.15, 0.2) is 55.0 Å². The van der Waals surface area contributed by atoms with E-state index in [1.54, 1.807) is 24.2 Å². The zero-order chi connectivity index (χ0) is 23.0. The van der Waals surface area contributed by atoms with Gasteiger partial charge in [0, 0.05) is 12.7 Å². The second kappa shape index (κ2) is 8.27. The first-order valence-corrected chi connectivity index (χ1v) is 10.7. The van der Waals surface area contributed by atoms with E-state index in [0.29, 0.717) is 30.1 Å². The van der Waals surface area contributed by atoms with Crippen LogP contribution in [0.2, 0.25) is 0 Å². The lowest BCUT2D eigenvalue weighted by Crippen LogP contribution is -2.31.